The Bertz CT molecular complexity index is 1350. The van der Waals surface area contributed by atoms with E-state index in [0.29, 0.717) is 0 Å². The molecule has 0 spiro atoms. The van der Waals surface area contributed by atoms with Gasteiger partial charge in [-0.15, -0.1) is 22.7 Å². The molecule has 0 aliphatic heterocycles. The molecule has 4 heterocycles. The molecule has 0 saturated heterocycles. The fourth-order valence-corrected chi connectivity index (χ4v) is 7.67. The second kappa shape index (κ2) is 9.62. The lowest BCUT2D eigenvalue weighted by Gasteiger charge is -2.06. The van der Waals surface area contributed by atoms with Crippen molar-refractivity contribution in [1.82, 2.24) is 13.3 Å². The molecular formula is C26H31N3S3. The molecular weight excluding hydrogens is 451 g/mol. The lowest BCUT2D eigenvalue weighted by molar-refractivity contribution is 0.553. The van der Waals surface area contributed by atoms with E-state index < -0.39 is 0 Å². The van der Waals surface area contributed by atoms with Crippen molar-refractivity contribution >= 4 is 65.9 Å². The van der Waals surface area contributed by atoms with E-state index in [9.17, 15) is 0 Å². The second-order valence-electron chi connectivity index (χ2n) is 8.91. The molecule has 0 N–H and O–H groups in total. The summed E-state index contributed by atoms with van der Waals surface area (Å²) in [6.07, 6.45) is 10.9. The van der Waals surface area contributed by atoms with E-state index in [-0.39, 0.29) is 0 Å². The van der Waals surface area contributed by atoms with E-state index >= 15 is 0 Å². The van der Waals surface area contributed by atoms with Gasteiger partial charge in [0.1, 0.15) is 11.0 Å². The zero-order valence-corrected chi connectivity index (χ0v) is 21.7. The van der Waals surface area contributed by atoms with Gasteiger partial charge in [0.05, 0.1) is 32.2 Å². The number of thiophene rings is 2. The molecule has 0 radical (unpaired) electrons. The summed E-state index contributed by atoms with van der Waals surface area (Å²) in [4.78, 5) is 2.71. The molecule has 3 nitrogen and oxygen atoms in total. The Labute approximate surface area is 202 Å². The fourth-order valence-electron chi connectivity index (χ4n) is 4.70. The summed E-state index contributed by atoms with van der Waals surface area (Å²) in [5.41, 5.74) is 7.34. The number of unbranched alkanes of at least 4 members (excludes halogenated alkanes) is 7. The maximum Gasteiger partial charge on any atom is 0.113 e. The van der Waals surface area contributed by atoms with E-state index in [2.05, 4.69) is 58.4 Å². The quantitative estimate of drug-likeness (QED) is 0.186. The number of fused-ring (bicyclic) bond motifs is 4. The number of rotatable bonds is 10. The minimum atomic E-state index is 1.05. The van der Waals surface area contributed by atoms with Crippen LogP contribution in [0.25, 0.3) is 41.9 Å². The van der Waals surface area contributed by atoms with Crippen molar-refractivity contribution in [2.45, 2.75) is 78.7 Å². The van der Waals surface area contributed by atoms with E-state index in [1.807, 2.05) is 22.7 Å². The van der Waals surface area contributed by atoms with Gasteiger partial charge in [0.25, 0.3) is 0 Å². The topological polar surface area (TPSA) is 30.7 Å². The number of aromatic nitrogens is 3. The van der Waals surface area contributed by atoms with Gasteiger partial charge in [0, 0.05) is 21.9 Å². The van der Waals surface area contributed by atoms with Crippen LogP contribution in [0, 0.1) is 13.8 Å². The normalized spacial score (nSPS) is 12.1. The van der Waals surface area contributed by atoms with Crippen LogP contribution in [0.5, 0.6) is 0 Å². The monoisotopic (exact) mass is 481 g/mol. The van der Waals surface area contributed by atoms with Crippen LogP contribution in [-0.2, 0) is 6.54 Å². The number of nitrogens with zero attached hydrogens (tertiary/aromatic N) is 3. The first kappa shape index (κ1) is 22.1. The Balaban J connectivity index is 1.41. The summed E-state index contributed by atoms with van der Waals surface area (Å²) in [7, 11) is 0. The van der Waals surface area contributed by atoms with Gasteiger partial charge in [0.2, 0.25) is 0 Å². The molecule has 0 amide bonds. The lowest BCUT2D eigenvalue weighted by Crippen LogP contribution is -1.97. The van der Waals surface area contributed by atoms with Gasteiger partial charge in [-0.2, -0.15) is 8.75 Å². The highest BCUT2D eigenvalue weighted by Crippen LogP contribution is 2.44. The first-order valence-corrected chi connectivity index (χ1v) is 14.3. The second-order valence-corrected chi connectivity index (χ2v) is 11.8. The van der Waals surface area contributed by atoms with Crippen LogP contribution in [0.4, 0.5) is 0 Å². The van der Waals surface area contributed by atoms with Crippen LogP contribution in [0.1, 0.15) is 68.7 Å². The molecule has 5 aromatic rings. The third kappa shape index (κ3) is 4.13. The van der Waals surface area contributed by atoms with Crippen molar-refractivity contribution in [2.24, 2.45) is 0 Å². The summed E-state index contributed by atoms with van der Waals surface area (Å²) in [5.74, 6) is 0. The van der Waals surface area contributed by atoms with E-state index in [1.54, 1.807) is 0 Å². The fraction of sp³-hybridized carbons (Fsp3) is 0.462. The van der Waals surface area contributed by atoms with Gasteiger partial charge in [-0.1, -0.05) is 64.0 Å². The third-order valence-electron chi connectivity index (χ3n) is 6.45. The van der Waals surface area contributed by atoms with Crippen LogP contribution in [0.3, 0.4) is 0 Å². The van der Waals surface area contributed by atoms with Gasteiger partial charge >= 0.3 is 0 Å². The zero-order chi connectivity index (χ0) is 22.1. The van der Waals surface area contributed by atoms with Crippen LogP contribution in [-0.4, -0.2) is 13.3 Å². The molecule has 4 aromatic heterocycles. The van der Waals surface area contributed by atoms with Crippen LogP contribution in [0.15, 0.2) is 24.3 Å². The van der Waals surface area contributed by atoms with Crippen LogP contribution in [0.2, 0.25) is 0 Å². The van der Waals surface area contributed by atoms with Gasteiger partial charge in [-0.05, 0) is 38.0 Å². The molecule has 0 saturated carbocycles. The Morgan fingerprint density at radius 1 is 0.781 bits per heavy atom. The molecule has 32 heavy (non-hydrogen) atoms. The molecule has 0 aliphatic carbocycles. The van der Waals surface area contributed by atoms with Crippen LogP contribution >= 0.6 is 34.4 Å². The maximum atomic E-state index is 4.63. The minimum Gasteiger partial charge on any atom is -0.339 e. The molecule has 5 rings (SSSR count). The Hall–Kier alpha value is -1.76. The van der Waals surface area contributed by atoms with Gasteiger partial charge in [-0.3, -0.25) is 0 Å². The highest BCUT2D eigenvalue weighted by Gasteiger charge is 2.19. The Morgan fingerprint density at radius 3 is 2.28 bits per heavy atom. The van der Waals surface area contributed by atoms with E-state index in [0.717, 1.165) is 17.6 Å². The third-order valence-corrected chi connectivity index (χ3v) is 9.34. The molecule has 0 atom stereocenters. The van der Waals surface area contributed by atoms with Crippen molar-refractivity contribution in [3.8, 4) is 10.4 Å². The summed E-state index contributed by atoms with van der Waals surface area (Å²) in [5, 5.41) is 0. The number of hydrogen-bond donors (Lipinski definition) is 0. The summed E-state index contributed by atoms with van der Waals surface area (Å²) < 4.78 is 14.6. The minimum absolute atomic E-state index is 1.05. The number of hydrogen-bond acceptors (Lipinski definition) is 5. The largest absolute Gasteiger partial charge is 0.339 e. The molecule has 168 valence electrons. The van der Waals surface area contributed by atoms with E-state index in [1.165, 1.54) is 104 Å². The van der Waals surface area contributed by atoms with Gasteiger partial charge in [-0.25, -0.2) is 0 Å². The molecule has 1 aromatic carbocycles. The van der Waals surface area contributed by atoms with E-state index in [4.69, 9.17) is 0 Å². The number of aryl methyl sites for hydroxylation is 3. The predicted octanol–water partition coefficient (Wildman–Crippen LogP) is 9.35. The average molecular weight is 482 g/mol. The summed E-state index contributed by atoms with van der Waals surface area (Å²) in [6.45, 7) is 7.75. The van der Waals surface area contributed by atoms with Crippen LogP contribution < -0.4 is 0 Å². The molecule has 0 fully saturated rings. The molecule has 6 heteroatoms. The number of benzene rings is 1. The summed E-state index contributed by atoms with van der Waals surface area (Å²) in [6, 6.07) is 9.19. The van der Waals surface area contributed by atoms with Gasteiger partial charge < -0.3 is 4.57 Å². The molecule has 0 unspecified atom stereocenters. The van der Waals surface area contributed by atoms with Crippen molar-refractivity contribution < 1.29 is 0 Å². The van der Waals surface area contributed by atoms with Crippen molar-refractivity contribution in [1.29, 1.82) is 0 Å². The molecule has 0 aliphatic rings. The summed E-state index contributed by atoms with van der Waals surface area (Å²) >= 11 is 5.17. The average Bonchev–Trinajstić information content (AvgIpc) is 3.54. The standard InChI is InChI=1S/C26H31N3S3/c1-4-5-6-7-8-9-10-11-14-29-20-15-18(3)30-25(20)26-21(29)16-22(31-26)19-13-12-17(2)23-24(19)28-32-27-23/h12-13,15-16H,4-11,14H2,1-3H3. The zero-order valence-electron chi connectivity index (χ0n) is 19.2. The highest BCUT2D eigenvalue weighted by molar-refractivity contribution is 7.29. The maximum absolute atomic E-state index is 4.63. The first-order valence-electron chi connectivity index (χ1n) is 11.9. The SMILES string of the molecule is CCCCCCCCCCn1c2cc(C)sc2c2sc(-c3ccc(C)c4nsnc34)cc21. The van der Waals surface area contributed by atoms with Crippen molar-refractivity contribution in [2.75, 3.05) is 0 Å². The Morgan fingerprint density at radius 2 is 1.47 bits per heavy atom. The van der Waals surface area contributed by atoms with Gasteiger partial charge in [0.15, 0.2) is 0 Å². The smallest absolute Gasteiger partial charge is 0.113 e. The highest BCUT2D eigenvalue weighted by atomic mass is 32.1. The molecule has 0 bridgehead atoms. The lowest BCUT2D eigenvalue weighted by atomic mass is 10.1. The van der Waals surface area contributed by atoms with Crippen molar-refractivity contribution in [3.05, 3.63) is 34.7 Å². The Kier molecular flexibility index (Phi) is 6.63. The van der Waals surface area contributed by atoms with Crippen molar-refractivity contribution in [3.63, 3.8) is 0 Å². The predicted molar refractivity (Wildman–Crippen MR) is 144 cm³/mol. The first-order chi connectivity index (χ1) is 15.7.